The van der Waals surface area contributed by atoms with Gasteiger partial charge in [-0.2, -0.15) is 0 Å². The van der Waals surface area contributed by atoms with E-state index in [9.17, 15) is 5.11 Å². The van der Waals surface area contributed by atoms with Crippen molar-refractivity contribution >= 4 is 11.8 Å². The Morgan fingerprint density at radius 3 is 3.00 bits per heavy atom. The second-order valence-electron chi connectivity index (χ2n) is 3.46. The molecule has 0 radical (unpaired) electrons. The lowest BCUT2D eigenvalue weighted by atomic mass is 10.0. The fourth-order valence-electron chi connectivity index (χ4n) is 1.60. The molecule has 2 heteroatoms. The van der Waals surface area contributed by atoms with E-state index in [0.29, 0.717) is 6.42 Å². The summed E-state index contributed by atoms with van der Waals surface area (Å²) in [5, 5.41) is 13.1. The average molecular weight is 187 g/mol. The van der Waals surface area contributed by atoms with Crippen molar-refractivity contribution in [1.82, 2.24) is 0 Å². The van der Waals surface area contributed by atoms with E-state index in [4.69, 9.17) is 0 Å². The van der Waals surface area contributed by atoms with E-state index in [1.54, 1.807) is 12.2 Å². The van der Waals surface area contributed by atoms with Gasteiger partial charge in [-0.1, -0.05) is 30.4 Å². The van der Waals surface area contributed by atoms with Gasteiger partial charge in [0.15, 0.2) is 5.72 Å². The first-order chi connectivity index (χ1) is 6.73. The molecule has 0 aromatic heterocycles. The minimum Gasteiger partial charge on any atom is -0.367 e. The van der Waals surface area contributed by atoms with E-state index >= 15 is 0 Å². The summed E-state index contributed by atoms with van der Waals surface area (Å²) in [5.41, 5.74) is 1.08. The number of rotatable bonds is 2. The van der Waals surface area contributed by atoms with Crippen molar-refractivity contribution in [3.8, 4) is 0 Å². The lowest BCUT2D eigenvalue weighted by Gasteiger charge is -2.30. The molecular formula is C12H13NO. The lowest BCUT2D eigenvalue weighted by molar-refractivity contribution is 0.125. The van der Waals surface area contributed by atoms with Crippen molar-refractivity contribution in [1.29, 1.82) is 0 Å². The highest BCUT2D eigenvalue weighted by atomic mass is 16.3. The van der Waals surface area contributed by atoms with Crippen LogP contribution in [0.1, 0.15) is 12.0 Å². The summed E-state index contributed by atoms with van der Waals surface area (Å²) >= 11 is 0. The van der Waals surface area contributed by atoms with Crippen LogP contribution in [0.2, 0.25) is 0 Å². The second kappa shape index (κ2) is 3.31. The summed E-state index contributed by atoms with van der Waals surface area (Å²) < 4.78 is 0. The van der Waals surface area contributed by atoms with E-state index in [0.717, 1.165) is 11.3 Å². The van der Waals surface area contributed by atoms with Crippen LogP contribution in [0.15, 0.2) is 43.0 Å². The third kappa shape index (κ3) is 1.56. The van der Waals surface area contributed by atoms with Crippen LogP contribution >= 0.6 is 0 Å². The van der Waals surface area contributed by atoms with Crippen molar-refractivity contribution < 1.29 is 5.11 Å². The number of para-hydroxylation sites is 1. The first-order valence-electron chi connectivity index (χ1n) is 4.63. The van der Waals surface area contributed by atoms with E-state index in [1.165, 1.54) is 0 Å². The van der Waals surface area contributed by atoms with E-state index in [-0.39, 0.29) is 0 Å². The number of nitrogens with one attached hydrogen (secondary N) is 1. The van der Waals surface area contributed by atoms with Gasteiger partial charge in [-0.25, -0.2) is 0 Å². The zero-order chi connectivity index (χ0) is 10.0. The highest BCUT2D eigenvalue weighted by Gasteiger charge is 2.24. The Kier molecular flexibility index (Phi) is 2.14. The summed E-state index contributed by atoms with van der Waals surface area (Å²) in [6.07, 6.45) is 5.88. The third-order valence-electron chi connectivity index (χ3n) is 2.31. The van der Waals surface area contributed by atoms with Gasteiger partial charge in [-0.3, -0.25) is 0 Å². The average Bonchev–Trinajstić information content (AvgIpc) is 2.17. The molecule has 0 fully saturated rings. The minimum atomic E-state index is -0.976. The maximum atomic E-state index is 10.0. The molecule has 1 aliphatic rings. The number of hydrogen-bond acceptors (Lipinski definition) is 2. The molecule has 0 spiro atoms. The van der Waals surface area contributed by atoms with Gasteiger partial charge in [0.05, 0.1) is 0 Å². The van der Waals surface area contributed by atoms with Gasteiger partial charge in [0.25, 0.3) is 0 Å². The fourth-order valence-corrected chi connectivity index (χ4v) is 1.60. The molecular weight excluding hydrogens is 174 g/mol. The highest BCUT2D eigenvalue weighted by Crippen LogP contribution is 2.28. The Hall–Kier alpha value is -1.54. The largest absolute Gasteiger partial charge is 0.367 e. The SMILES string of the molecule is C=CCC1(O)C=Cc2ccccc2N1. The van der Waals surface area contributed by atoms with Crippen LogP contribution in [-0.2, 0) is 0 Å². The molecule has 2 nitrogen and oxygen atoms in total. The summed E-state index contributed by atoms with van der Waals surface area (Å²) in [5.74, 6) is 0. The van der Waals surface area contributed by atoms with Crippen molar-refractivity contribution in [3.63, 3.8) is 0 Å². The smallest absolute Gasteiger partial charge is 0.158 e. The van der Waals surface area contributed by atoms with Crippen LogP contribution in [0.4, 0.5) is 5.69 Å². The topological polar surface area (TPSA) is 32.3 Å². The molecule has 1 aromatic rings. The zero-order valence-electron chi connectivity index (χ0n) is 7.90. The Morgan fingerprint density at radius 2 is 2.21 bits per heavy atom. The summed E-state index contributed by atoms with van der Waals surface area (Å²) in [4.78, 5) is 0. The quantitative estimate of drug-likeness (QED) is 0.697. The highest BCUT2D eigenvalue weighted by molar-refractivity contribution is 5.71. The van der Waals surface area contributed by atoms with Gasteiger partial charge < -0.3 is 10.4 Å². The van der Waals surface area contributed by atoms with Crippen molar-refractivity contribution in [2.24, 2.45) is 0 Å². The molecule has 0 aliphatic carbocycles. The Labute approximate surface area is 83.6 Å². The lowest BCUT2D eigenvalue weighted by Crippen LogP contribution is -2.36. The molecule has 1 aromatic carbocycles. The molecule has 0 saturated heterocycles. The molecule has 0 bridgehead atoms. The van der Waals surface area contributed by atoms with Crippen LogP contribution in [0, 0.1) is 0 Å². The standard InChI is InChI=1S/C12H13NO/c1-2-8-12(14)9-7-10-5-3-4-6-11(10)13-12/h2-7,9,13-14H,1,8H2. The summed E-state index contributed by atoms with van der Waals surface area (Å²) in [6.45, 7) is 3.62. The molecule has 1 heterocycles. The van der Waals surface area contributed by atoms with E-state index < -0.39 is 5.72 Å². The molecule has 72 valence electrons. The molecule has 1 unspecified atom stereocenters. The van der Waals surface area contributed by atoms with E-state index in [1.807, 2.05) is 30.3 Å². The number of fused-ring (bicyclic) bond motifs is 1. The van der Waals surface area contributed by atoms with Gasteiger partial charge in [-0.15, -0.1) is 6.58 Å². The molecule has 0 saturated carbocycles. The first kappa shape index (κ1) is 9.03. The van der Waals surface area contributed by atoms with Gasteiger partial charge in [0, 0.05) is 12.1 Å². The number of hydrogen-bond donors (Lipinski definition) is 2. The number of anilines is 1. The molecule has 0 amide bonds. The Balaban J connectivity index is 2.33. The molecule has 14 heavy (non-hydrogen) atoms. The van der Waals surface area contributed by atoms with Crippen molar-refractivity contribution in [2.45, 2.75) is 12.1 Å². The van der Waals surface area contributed by atoms with E-state index in [2.05, 4.69) is 11.9 Å². The number of aliphatic hydroxyl groups is 1. The van der Waals surface area contributed by atoms with Crippen LogP contribution in [-0.4, -0.2) is 10.8 Å². The summed E-state index contributed by atoms with van der Waals surface area (Å²) in [6, 6.07) is 7.88. The van der Waals surface area contributed by atoms with Gasteiger partial charge in [0.2, 0.25) is 0 Å². The summed E-state index contributed by atoms with van der Waals surface area (Å²) in [7, 11) is 0. The van der Waals surface area contributed by atoms with Gasteiger partial charge in [-0.05, 0) is 17.7 Å². The normalized spacial score (nSPS) is 23.8. The fraction of sp³-hybridized carbons (Fsp3) is 0.167. The minimum absolute atomic E-state index is 0.498. The monoisotopic (exact) mass is 187 g/mol. The predicted molar refractivity (Wildman–Crippen MR) is 58.9 cm³/mol. The van der Waals surface area contributed by atoms with Crippen molar-refractivity contribution in [3.05, 3.63) is 48.6 Å². The van der Waals surface area contributed by atoms with Crippen LogP contribution in [0.3, 0.4) is 0 Å². The predicted octanol–water partition coefficient (Wildman–Crippen LogP) is 2.39. The van der Waals surface area contributed by atoms with Crippen molar-refractivity contribution in [2.75, 3.05) is 5.32 Å². The first-order valence-corrected chi connectivity index (χ1v) is 4.63. The van der Waals surface area contributed by atoms with Crippen LogP contribution in [0.5, 0.6) is 0 Å². The molecule has 2 rings (SSSR count). The maximum Gasteiger partial charge on any atom is 0.158 e. The molecule has 2 N–H and O–H groups in total. The second-order valence-corrected chi connectivity index (χ2v) is 3.46. The molecule has 1 atom stereocenters. The third-order valence-corrected chi connectivity index (χ3v) is 2.31. The zero-order valence-corrected chi connectivity index (χ0v) is 7.90. The Bertz CT molecular complexity index is 384. The Morgan fingerprint density at radius 1 is 1.43 bits per heavy atom. The van der Waals surface area contributed by atoms with Crippen LogP contribution in [0.25, 0.3) is 6.08 Å². The number of benzene rings is 1. The maximum absolute atomic E-state index is 10.0. The molecule has 1 aliphatic heterocycles. The van der Waals surface area contributed by atoms with Gasteiger partial charge in [0.1, 0.15) is 0 Å². The van der Waals surface area contributed by atoms with Gasteiger partial charge >= 0.3 is 0 Å². The van der Waals surface area contributed by atoms with Crippen LogP contribution < -0.4 is 5.32 Å².